The Labute approximate surface area is 163 Å². The number of hydrogen-bond donors (Lipinski definition) is 2. The van der Waals surface area contributed by atoms with Crippen LogP contribution >= 0.6 is 0 Å². The summed E-state index contributed by atoms with van der Waals surface area (Å²) in [5.74, 6) is 0.00131. The van der Waals surface area contributed by atoms with Crippen molar-refractivity contribution in [1.82, 2.24) is 5.32 Å². The van der Waals surface area contributed by atoms with Crippen molar-refractivity contribution in [3.63, 3.8) is 0 Å². The second kappa shape index (κ2) is 8.19. The Morgan fingerprint density at radius 1 is 1.21 bits per heavy atom. The molecule has 0 aliphatic rings. The molecule has 0 fully saturated rings. The van der Waals surface area contributed by atoms with Gasteiger partial charge in [0, 0.05) is 28.8 Å². The Hall–Kier alpha value is -2.60. The van der Waals surface area contributed by atoms with Crippen LogP contribution in [0.5, 0.6) is 0 Å². The van der Waals surface area contributed by atoms with Crippen molar-refractivity contribution in [3.8, 4) is 0 Å². The highest BCUT2D eigenvalue weighted by atomic mass is 16.4. The number of carbonyl (C=O) groups excluding carboxylic acids is 1. The van der Waals surface area contributed by atoms with Gasteiger partial charge in [-0.15, -0.1) is 0 Å². The molecule has 3 rings (SSSR count). The minimum atomic E-state index is -0.430. The number of carbonyl (C=O) groups is 1. The van der Waals surface area contributed by atoms with Gasteiger partial charge >= 0.3 is 5.63 Å². The molecule has 0 aliphatic carbocycles. The molecule has 2 N–H and O–H groups in total. The predicted molar refractivity (Wildman–Crippen MR) is 109 cm³/mol. The second-order valence-electron chi connectivity index (χ2n) is 7.50. The van der Waals surface area contributed by atoms with E-state index < -0.39 is 5.63 Å². The van der Waals surface area contributed by atoms with Crippen LogP contribution in [0.4, 0.5) is 0 Å². The molecule has 0 radical (unpaired) electrons. The van der Waals surface area contributed by atoms with Gasteiger partial charge in [-0.1, -0.05) is 20.3 Å². The summed E-state index contributed by atoms with van der Waals surface area (Å²) in [6.07, 6.45) is 2.99. The molecule has 2 unspecified atom stereocenters. The van der Waals surface area contributed by atoms with E-state index in [-0.39, 0.29) is 37.3 Å². The lowest BCUT2D eigenvalue weighted by molar-refractivity contribution is -0.122. The molecule has 6 heteroatoms. The topological polar surface area (TPSA) is 92.7 Å². The highest BCUT2D eigenvalue weighted by Gasteiger charge is 2.19. The number of aryl methyl sites for hydroxylation is 2. The summed E-state index contributed by atoms with van der Waals surface area (Å²) in [5.41, 5.74) is 3.08. The maximum atomic E-state index is 12.5. The largest absolute Gasteiger partial charge is 0.464 e. The lowest BCUT2D eigenvalue weighted by atomic mass is 9.98. The van der Waals surface area contributed by atoms with E-state index in [0.29, 0.717) is 16.7 Å². The van der Waals surface area contributed by atoms with Crippen LogP contribution in [-0.4, -0.2) is 23.7 Å². The molecule has 150 valence electrons. The molecule has 6 nitrogen and oxygen atoms in total. The standard InChI is InChI=1S/C22H27NO5/c1-5-12(2)18(10-24)23-21(25)7-6-15-14(4)17-8-16-13(3)11-27-19(16)9-20(17)28-22(15)26/h8-9,11-12,18,24H,5-7,10H2,1-4H3,(H,23,25). The van der Waals surface area contributed by atoms with Gasteiger partial charge in [0.2, 0.25) is 5.91 Å². The monoisotopic (exact) mass is 385 g/mol. The Morgan fingerprint density at radius 2 is 1.96 bits per heavy atom. The van der Waals surface area contributed by atoms with Gasteiger partial charge in [0.25, 0.3) is 0 Å². The Balaban J connectivity index is 1.84. The zero-order chi connectivity index (χ0) is 20.4. The highest BCUT2D eigenvalue weighted by Crippen LogP contribution is 2.29. The lowest BCUT2D eigenvalue weighted by Crippen LogP contribution is -2.42. The molecule has 2 aromatic heterocycles. The molecule has 0 saturated heterocycles. The Bertz CT molecular complexity index is 1060. The molecule has 28 heavy (non-hydrogen) atoms. The number of rotatable bonds is 7. The number of benzene rings is 1. The van der Waals surface area contributed by atoms with Crippen LogP contribution in [-0.2, 0) is 11.2 Å². The summed E-state index contributed by atoms with van der Waals surface area (Å²) in [4.78, 5) is 24.8. The van der Waals surface area contributed by atoms with Gasteiger partial charge in [-0.2, -0.15) is 0 Å². The average Bonchev–Trinajstić information content (AvgIpc) is 3.04. The molecule has 0 spiro atoms. The molecular weight excluding hydrogens is 358 g/mol. The van der Waals surface area contributed by atoms with Gasteiger partial charge in [-0.25, -0.2) is 4.79 Å². The third-order valence-corrected chi connectivity index (χ3v) is 5.65. The van der Waals surface area contributed by atoms with E-state index in [0.717, 1.165) is 28.3 Å². The molecule has 1 aromatic carbocycles. The molecule has 0 saturated carbocycles. The first kappa shape index (κ1) is 20.1. The number of amides is 1. The number of fused-ring (bicyclic) bond motifs is 2. The van der Waals surface area contributed by atoms with E-state index >= 15 is 0 Å². The molecule has 3 aromatic rings. The summed E-state index contributed by atoms with van der Waals surface area (Å²) in [6, 6.07) is 3.43. The average molecular weight is 385 g/mol. The van der Waals surface area contributed by atoms with E-state index in [9.17, 15) is 14.7 Å². The maximum absolute atomic E-state index is 12.5. The van der Waals surface area contributed by atoms with Gasteiger partial charge in [0.1, 0.15) is 11.2 Å². The number of hydrogen-bond acceptors (Lipinski definition) is 5. The zero-order valence-electron chi connectivity index (χ0n) is 16.8. The fraction of sp³-hybridized carbons (Fsp3) is 0.455. The summed E-state index contributed by atoms with van der Waals surface area (Å²) in [5, 5.41) is 14.2. The molecular formula is C22H27NO5. The predicted octanol–water partition coefficient (Wildman–Crippen LogP) is 3.61. The first-order valence-corrected chi connectivity index (χ1v) is 9.70. The van der Waals surface area contributed by atoms with Crippen molar-refractivity contribution >= 4 is 27.8 Å². The normalized spacial score (nSPS) is 13.8. The van der Waals surface area contributed by atoms with Crippen molar-refractivity contribution < 1.29 is 18.7 Å². The fourth-order valence-corrected chi connectivity index (χ4v) is 3.50. The van der Waals surface area contributed by atoms with E-state index in [1.54, 1.807) is 12.3 Å². The maximum Gasteiger partial charge on any atom is 0.339 e. The van der Waals surface area contributed by atoms with E-state index in [1.807, 2.05) is 33.8 Å². The van der Waals surface area contributed by atoms with Crippen LogP contribution < -0.4 is 10.9 Å². The molecule has 0 aliphatic heterocycles. The van der Waals surface area contributed by atoms with E-state index in [2.05, 4.69) is 5.32 Å². The van der Waals surface area contributed by atoms with Crippen LogP contribution in [0.15, 0.2) is 32.0 Å². The Morgan fingerprint density at radius 3 is 2.64 bits per heavy atom. The van der Waals surface area contributed by atoms with E-state index in [1.165, 1.54) is 0 Å². The summed E-state index contributed by atoms with van der Waals surface area (Å²) < 4.78 is 11.0. The summed E-state index contributed by atoms with van der Waals surface area (Å²) >= 11 is 0. The van der Waals surface area contributed by atoms with Crippen molar-refractivity contribution in [1.29, 1.82) is 0 Å². The minimum absolute atomic E-state index is 0.0993. The first-order valence-electron chi connectivity index (χ1n) is 9.70. The van der Waals surface area contributed by atoms with Gasteiger partial charge in [-0.3, -0.25) is 4.79 Å². The highest BCUT2D eigenvalue weighted by molar-refractivity contribution is 5.96. The van der Waals surface area contributed by atoms with Crippen molar-refractivity contribution in [2.45, 2.75) is 53.0 Å². The van der Waals surface area contributed by atoms with Crippen molar-refractivity contribution in [2.75, 3.05) is 6.61 Å². The number of nitrogens with one attached hydrogen (secondary N) is 1. The van der Waals surface area contributed by atoms with Gasteiger partial charge in [-0.05, 0) is 43.4 Å². The molecule has 2 atom stereocenters. The molecule has 1 amide bonds. The molecule has 2 heterocycles. The van der Waals surface area contributed by atoms with Crippen LogP contribution in [0.3, 0.4) is 0 Å². The summed E-state index contributed by atoms with van der Waals surface area (Å²) in [6.45, 7) is 7.75. The second-order valence-corrected chi connectivity index (χ2v) is 7.50. The van der Waals surface area contributed by atoms with Crippen molar-refractivity contribution in [3.05, 3.63) is 45.5 Å². The SMILES string of the molecule is CCC(C)C(CO)NC(=O)CCc1c(C)c2cc3c(C)coc3cc2oc1=O. The number of aliphatic hydroxyl groups excluding tert-OH is 1. The van der Waals surface area contributed by atoms with Crippen LogP contribution in [0.2, 0.25) is 0 Å². The Kier molecular flexibility index (Phi) is 5.89. The third kappa shape index (κ3) is 3.83. The van der Waals surface area contributed by atoms with Crippen molar-refractivity contribution in [2.24, 2.45) is 5.92 Å². The smallest absolute Gasteiger partial charge is 0.339 e. The lowest BCUT2D eigenvalue weighted by Gasteiger charge is -2.22. The van der Waals surface area contributed by atoms with Gasteiger partial charge < -0.3 is 19.3 Å². The van der Waals surface area contributed by atoms with Crippen LogP contribution in [0.25, 0.3) is 21.9 Å². The number of aliphatic hydroxyl groups is 1. The molecule has 0 bridgehead atoms. The van der Waals surface area contributed by atoms with Gasteiger partial charge in [0.15, 0.2) is 0 Å². The summed E-state index contributed by atoms with van der Waals surface area (Å²) in [7, 11) is 0. The quantitative estimate of drug-likeness (QED) is 0.606. The zero-order valence-corrected chi connectivity index (χ0v) is 16.8. The fourth-order valence-electron chi connectivity index (χ4n) is 3.50. The van der Waals surface area contributed by atoms with Crippen LogP contribution in [0.1, 0.15) is 43.4 Å². The number of furan rings is 1. The third-order valence-electron chi connectivity index (χ3n) is 5.65. The minimum Gasteiger partial charge on any atom is -0.464 e. The van der Waals surface area contributed by atoms with Crippen LogP contribution in [0, 0.1) is 19.8 Å². The van der Waals surface area contributed by atoms with E-state index in [4.69, 9.17) is 8.83 Å². The van der Waals surface area contributed by atoms with Gasteiger partial charge in [0.05, 0.1) is 18.9 Å². The first-order chi connectivity index (χ1) is 13.3.